The first-order chi connectivity index (χ1) is 9.40. The van der Waals surface area contributed by atoms with E-state index >= 15 is 0 Å². The standard InChI is InChI=1S/C17H15NO/c19-18-14-13-17(16-9-5-2-6-10-16)12-11-15-7-3-1-4-8-15/h1-14,19H/b12-11+,17-13+,18-14+. The van der Waals surface area contributed by atoms with E-state index in [0.717, 1.165) is 16.7 Å². The summed E-state index contributed by atoms with van der Waals surface area (Å²) in [5, 5.41) is 11.6. The van der Waals surface area contributed by atoms with E-state index in [-0.39, 0.29) is 0 Å². The molecule has 0 fully saturated rings. The first-order valence-corrected chi connectivity index (χ1v) is 6.06. The van der Waals surface area contributed by atoms with Gasteiger partial charge in [-0.1, -0.05) is 78.0 Å². The minimum absolute atomic E-state index is 0.988. The second kappa shape index (κ2) is 6.97. The zero-order chi connectivity index (χ0) is 13.3. The van der Waals surface area contributed by atoms with Gasteiger partial charge in [0.15, 0.2) is 0 Å². The molecule has 2 nitrogen and oxygen atoms in total. The maximum Gasteiger partial charge on any atom is 0.0667 e. The fourth-order valence-electron chi connectivity index (χ4n) is 1.74. The Kier molecular flexibility index (Phi) is 4.71. The lowest BCUT2D eigenvalue weighted by molar-refractivity contribution is 0.322. The number of hydrogen-bond acceptors (Lipinski definition) is 2. The summed E-state index contributed by atoms with van der Waals surface area (Å²) in [5.41, 5.74) is 3.20. The maximum absolute atomic E-state index is 8.55. The molecule has 0 aliphatic rings. The largest absolute Gasteiger partial charge is 0.411 e. The summed E-state index contributed by atoms with van der Waals surface area (Å²) in [5.74, 6) is 0. The van der Waals surface area contributed by atoms with Gasteiger partial charge < -0.3 is 5.21 Å². The van der Waals surface area contributed by atoms with Crippen LogP contribution in [0.2, 0.25) is 0 Å². The number of nitrogens with zero attached hydrogens (tertiary/aromatic N) is 1. The molecular weight excluding hydrogens is 234 g/mol. The third-order valence-corrected chi connectivity index (χ3v) is 2.68. The number of hydrogen-bond donors (Lipinski definition) is 1. The van der Waals surface area contributed by atoms with Crippen LogP contribution >= 0.6 is 0 Å². The zero-order valence-corrected chi connectivity index (χ0v) is 10.5. The van der Waals surface area contributed by atoms with Crippen molar-refractivity contribution in [2.24, 2.45) is 5.16 Å². The van der Waals surface area contributed by atoms with E-state index in [9.17, 15) is 0 Å². The lowest BCUT2D eigenvalue weighted by atomic mass is 10.0. The Morgan fingerprint density at radius 3 is 2.16 bits per heavy atom. The van der Waals surface area contributed by atoms with Crippen molar-refractivity contribution >= 4 is 17.9 Å². The molecule has 0 saturated heterocycles. The van der Waals surface area contributed by atoms with Crippen LogP contribution in [0, 0.1) is 0 Å². The topological polar surface area (TPSA) is 32.6 Å². The fraction of sp³-hybridized carbons (Fsp3) is 0. The summed E-state index contributed by atoms with van der Waals surface area (Å²) in [6.07, 6.45) is 7.18. The Morgan fingerprint density at radius 1 is 0.895 bits per heavy atom. The Bertz CT molecular complexity index is 583. The Labute approximate surface area is 113 Å². The summed E-state index contributed by atoms with van der Waals surface area (Å²) in [6, 6.07) is 20.1. The van der Waals surface area contributed by atoms with Gasteiger partial charge in [0.2, 0.25) is 0 Å². The van der Waals surface area contributed by atoms with Crippen LogP contribution in [-0.2, 0) is 0 Å². The first kappa shape index (κ1) is 12.8. The second-order valence-corrected chi connectivity index (χ2v) is 4.00. The first-order valence-electron chi connectivity index (χ1n) is 6.06. The molecule has 0 unspecified atom stereocenters. The highest BCUT2D eigenvalue weighted by Crippen LogP contribution is 2.16. The summed E-state index contributed by atoms with van der Waals surface area (Å²) in [6.45, 7) is 0. The van der Waals surface area contributed by atoms with Crippen molar-refractivity contribution in [3.8, 4) is 0 Å². The predicted octanol–water partition coefficient (Wildman–Crippen LogP) is 4.24. The van der Waals surface area contributed by atoms with Gasteiger partial charge >= 0.3 is 0 Å². The molecule has 0 spiro atoms. The molecule has 0 radical (unpaired) electrons. The van der Waals surface area contributed by atoms with E-state index in [1.165, 1.54) is 6.21 Å². The van der Waals surface area contributed by atoms with Gasteiger partial charge in [0.25, 0.3) is 0 Å². The highest BCUT2D eigenvalue weighted by atomic mass is 16.4. The molecule has 94 valence electrons. The van der Waals surface area contributed by atoms with Crippen molar-refractivity contribution < 1.29 is 5.21 Å². The molecule has 0 heterocycles. The fourth-order valence-corrected chi connectivity index (χ4v) is 1.74. The lowest BCUT2D eigenvalue weighted by Crippen LogP contribution is -1.81. The van der Waals surface area contributed by atoms with E-state index in [2.05, 4.69) is 5.16 Å². The minimum atomic E-state index is 0.988. The third-order valence-electron chi connectivity index (χ3n) is 2.68. The highest BCUT2D eigenvalue weighted by Gasteiger charge is 1.95. The molecule has 2 aromatic rings. The molecule has 2 aromatic carbocycles. The van der Waals surface area contributed by atoms with E-state index < -0.39 is 0 Å². The van der Waals surface area contributed by atoms with Gasteiger partial charge in [-0.2, -0.15) is 0 Å². The lowest BCUT2D eigenvalue weighted by Gasteiger charge is -2.01. The predicted molar refractivity (Wildman–Crippen MR) is 80.2 cm³/mol. The molecular formula is C17H15NO. The van der Waals surface area contributed by atoms with Gasteiger partial charge in [0.05, 0.1) is 6.21 Å². The molecule has 2 heteroatoms. The van der Waals surface area contributed by atoms with E-state index in [1.807, 2.05) is 72.8 Å². The minimum Gasteiger partial charge on any atom is -0.411 e. The van der Waals surface area contributed by atoms with Gasteiger partial charge in [0, 0.05) is 0 Å². The molecule has 0 aliphatic carbocycles. The van der Waals surface area contributed by atoms with Crippen LogP contribution < -0.4 is 0 Å². The van der Waals surface area contributed by atoms with Crippen LogP contribution in [-0.4, -0.2) is 11.4 Å². The molecule has 0 saturated carbocycles. The molecule has 2 rings (SSSR count). The van der Waals surface area contributed by atoms with Crippen LogP contribution in [0.25, 0.3) is 11.6 Å². The zero-order valence-electron chi connectivity index (χ0n) is 10.5. The van der Waals surface area contributed by atoms with Gasteiger partial charge in [-0.25, -0.2) is 0 Å². The Morgan fingerprint density at radius 2 is 1.53 bits per heavy atom. The summed E-state index contributed by atoms with van der Waals surface area (Å²) in [4.78, 5) is 0. The Balaban J connectivity index is 2.28. The number of oxime groups is 1. The van der Waals surface area contributed by atoms with Gasteiger partial charge in [0.1, 0.15) is 0 Å². The van der Waals surface area contributed by atoms with Crippen molar-refractivity contribution in [3.05, 3.63) is 83.9 Å². The SMILES string of the molecule is O/N=C/C=C(\C=C\c1ccccc1)c1ccccc1. The van der Waals surface area contributed by atoms with Crippen LogP contribution in [0.3, 0.4) is 0 Å². The average Bonchev–Trinajstić information content (AvgIpc) is 2.49. The second-order valence-electron chi connectivity index (χ2n) is 4.00. The normalized spacial score (nSPS) is 12.3. The quantitative estimate of drug-likeness (QED) is 0.374. The van der Waals surface area contributed by atoms with Crippen molar-refractivity contribution in [1.82, 2.24) is 0 Å². The monoisotopic (exact) mass is 249 g/mol. The smallest absolute Gasteiger partial charge is 0.0667 e. The number of allylic oxidation sites excluding steroid dienone is 3. The molecule has 19 heavy (non-hydrogen) atoms. The van der Waals surface area contributed by atoms with Gasteiger partial charge in [-0.15, -0.1) is 0 Å². The molecule has 0 amide bonds. The van der Waals surface area contributed by atoms with Crippen LogP contribution in [0.15, 0.2) is 78.0 Å². The summed E-state index contributed by atoms with van der Waals surface area (Å²) in [7, 11) is 0. The van der Waals surface area contributed by atoms with E-state index in [1.54, 1.807) is 6.08 Å². The highest BCUT2D eigenvalue weighted by molar-refractivity contribution is 5.90. The maximum atomic E-state index is 8.55. The van der Waals surface area contributed by atoms with Crippen LogP contribution in [0.4, 0.5) is 0 Å². The van der Waals surface area contributed by atoms with E-state index in [0.29, 0.717) is 0 Å². The van der Waals surface area contributed by atoms with Crippen molar-refractivity contribution in [2.75, 3.05) is 0 Å². The van der Waals surface area contributed by atoms with Crippen molar-refractivity contribution in [3.63, 3.8) is 0 Å². The summed E-state index contributed by atoms with van der Waals surface area (Å²) < 4.78 is 0. The average molecular weight is 249 g/mol. The molecule has 0 atom stereocenters. The molecule has 0 aromatic heterocycles. The summed E-state index contributed by atoms with van der Waals surface area (Å²) >= 11 is 0. The van der Waals surface area contributed by atoms with Crippen molar-refractivity contribution in [1.29, 1.82) is 0 Å². The van der Waals surface area contributed by atoms with Gasteiger partial charge in [-0.3, -0.25) is 0 Å². The molecule has 0 aliphatic heterocycles. The third kappa shape index (κ3) is 3.96. The van der Waals surface area contributed by atoms with Crippen LogP contribution in [0.1, 0.15) is 11.1 Å². The van der Waals surface area contributed by atoms with E-state index in [4.69, 9.17) is 5.21 Å². The number of benzene rings is 2. The van der Waals surface area contributed by atoms with Crippen molar-refractivity contribution in [2.45, 2.75) is 0 Å². The Hall–Kier alpha value is -2.61. The van der Waals surface area contributed by atoms with Gasteiger partial charge in [-0.05, 0) is 22.8 Å². The number of rotatable bonds is 4. The van der Waals surface area contributed by atoms with Crippen LogP contribution in [0.5, 0.6) is 0 Å². The molecule has 0 bridgehead atoms. The molecule has 1 N–H and O–H groups in total.